The average Bonchev–Trinajstić information content (AvgIpc) is 3.26. The Morgan fingerprint density at radius 2 is 2.00 bits per heavy atom. The minimum Gasteiger partial charge on any atom is -0.459 e. The van der Waals surface area contributed by atoms with E-state index in [0.29, 0.717) is 12.2 Å². The van der Waals surface area contributed by atoms with E-state index in [2.05, 4.69) is 16.0 Å². The summed E-state index contributed by atoms with van der Waals surface area (Å²) < 4.78 is 5.05. The number of hydrogen-bond donors (Lipinski definition) is 3. The molecule has 1 unspecified atom stereocenters. The van der Waals surface area contributed by atoms with Gasteiger partial charge in [0.25, 0.3) is 5.91 Å². The van der Waals surface area contributed by atoms with E-state index >= 15 is 0 Å². The molecule has 3 N–H and O–H groups in total. The lowest BCUT2D eigenvalue weighted by Crippen LogP contribution is -2.40. The fraction of sp³-hybridized carbons (Fsp3) is 0.333. The molecule has 0 bridgehead atoms. The zero-order valence-corrected chi connectivity index (χ0v) is 14.8. The number of nitrogens with one attached hydrogen (secondary N) is 3. The molecule has 6 nitrogen and oxygen atoms in total. The predicted molar refractivity (Wildman–Crippen MR) is 97.8 cm³/mol. The number of carbonyl (C=O) groups is 2. The molecule has 2 amide bonds. The van der Waals surface area contributed by atoms with Crippen molar-refractivity contribution in [3.63, 3.8) is 0 Å². The van der Waals surface area contributed by atoms with Gasteiger partial charge in [-0.05, 0) is 49.7 Å². The molecule has 0 spiro atoms. The first kappa shape index (κ1) is 19.0. The van der Waals surface area contributed by atoms with Gasteiger partial charge < -0.3 is 20.4 Å². The van der Waals surface area contributed by atoms with Crippen LogP contribution in [0.15, 0.2) is 47.1 Å². The molecule has 1 aromatic carbocycles. The molecule has 1 aromatic heterocycles. The van der Waals surface area contributed by atoms with Gasteiger partial charge in [-0.3, -0.25) is 9.59 Å². The van der Waals surface area contributed by atoms with Crippen LogP contribution in [0.2, 0.25) is 0 Å². The highest BCUT2D eigenvalue weighted by molar-refractivity contribution is 6.02. The molecular weight excluding hydrogens is 342 g/mol. The molecule has 2 heterocycles. The monoisotopic (exact) mass is 363 g/mol. The molecule has 1 atom stereocenters. The number of hydrogen-bond acceptors (Lipinski definition) is 4. The van der Waals surface area contributed by atoms with E-state index in [9.17, 15) is 9.59 Å². The lowest BCUT2D eigenvalue weighted by molar-refractivity contribution is -0.129. The van der Waals surface area contributed by atoms with E-state index in [1.807, 2.05) is 19.1 Å². The standard InChI is InChI=1S/C18H21N3O3.ClH/c1-18(8-9-19-12-18)17(23)20-11-13-4-6-14(7-5-13)21-16(22)15-3-2-10-24-15;/h2-7,10,19H,8-9,11-12H2,1H3,(H,20,23)(H,21,22);1H. The number of amides is 2. The van der Waals surface area contributed by atoms with E-state index in [0.717, 1.165) is 25.1 Å². The van der Waals surface area contributed by atoms with Crippen LogP contribution in [-0.2, 0) is 11.3 Å². The molecule has 7 heteroatoms. The van der Waals surface area contributed by atoms with Crippen LogP contribution in [0.5, 0.6) is 0 Å². The van der Waals surface area contributed by atoms with Crippen molar-refractivity contribution in [2.75, 3.05) is 18.4 Å². The average molecular weight is 364 g/mol. The topological polar surface area (TPSA) is 83.4 Å². The van der Waals surface area contributed by atoms with Gasteiger partial charge >= 0.3 is 0 Å². The minimum atomic E-state index is -0.322. The second-order valence-electron chi connectivity index (χ2n) is 6.30. The van der Waals surface area contributed by atoms with E-state index in [4.69, 9.17) is 4.42 Å². The molecule has 3 rings (SSSR count). The van der Waals surface area contributed by atoms with Gasteiger partial charge in [0.15, 0.2) is 5.76 Å². The highest BCUT2D eigenvalue weighted by atomic mass is 35.5. The highest BCUT2D eigenvalue weighted by Crippen LogP contribution is 2.24. The first-order valence-electron chi connectivity index (χ1n) is 8.00. The molecule has 0 saturated carbocycles. The van der Waals surface area contributed by atoms with E-state index in [1.165, 1.54) is 6.26 Å². The normalized spacial score (nSPS) is 19.1. The number of carbonyl (C=O) groups excluding carboxylic acids is 2. The Hall–Kier alpha value is -2.31. The summed E-state index contributed by atoms with van der Waals surface area (Å²) in [5, 5.41) is 8.96. The van der Waals surface area contributed by atoms with Crippen LogP contribution in [0.4, 0.5) is 5.69 Å². The first-order chi connectivity index (χ1) is 11.6. The first-order valence-corrected chi connectivity index (χ1v) is 8.00. The maximum Gasteiger partial charge on any atom is 0.291 e. The maximum atomic E-state index is 12.3. The summed E-state index contributed by atoms with van der Waals surface area (Å²) >= 11 is 0. The van der Waals surface area contributed by atoms with Gasteiger partial charge in [-0.1, -0.05) is 12.1 Å². The number of benzene rings is 1. The predicted octanol–water partition coefficient (Wildman–Crippen LogP) is 2.57. The van der Waals surface area contributed by atoms with E-state index in [-0.39, 0.29) is 35.4 Å². The van der Waals surface area contributed by atoms with Crippen molar-refractivity contribution in [2.24, 2.45) is 5.41 Å². The lowest BCUT2D eigenvalue weighted by atomic mass is 9.89. The van der Waals surface area contributed by atoms with Crippen molar-refractivity contribution in [3.05, 3.63) is 54.0 Å². The molecule has 25 heavy (non-hydrogen) atoms. The molecule has 134 valence electrons. The summed E-state index contributed by atoms with van der Waals surface area (Å²) in [6.45, 7) is 4.06. The third-order valence-corrected chi connectivity index (χ3v) is 4.33. The summed E-state index contributed by atoms with van der Waals surface area (Å²) in [5.74, 6) is 0.0511. The Labute approximate surface area is 152 Å². The fourth-order valence-electron chi connectivity index (χ4n) is 2.71. The molecular formula is C18H22ClN3O3. The smallest absolute Gasteiger partial charge is 0.291 e. The SMILES string of the molecule is CC1(C(=O)NCc2ccc(NC(=O)c3ccco3)cc2)CCNC1.Cl. The Bertz CT molecular complexity index is 708. The summed E-state index contributed by atoms with van der Waals surface area (Å²) in [7, 11) is 0. The minimum absolute atomic E-state index is 0. The number of furan rings is 1. The second-order valence-corrected chi connectivity index (χ2v) is 6.30. The van der Waals surface area contributed by atoms with Crippen molar-refractivity contribution < 1.29 is 14.0 Å². The molecule has 0 aliphatic carbocycles. The summed E-state index contributed by atoms with van der Waals surface area (Å²) in [6.07, 6.45) is 2.32. The maximum absolute atomic E-state index is 12.3. The molecule has 2 aromatic rings. The van der Waals surface area contributed by atoms with Crippen LogP contribution >= 0.6 is 12.4 Å². The van der Waals surface area contributed by atoms with Gasteiger partial charge in [0.05, 0.1) is 11.7 Å². The Balaban J connectivity index is 0.00000225. The van der Waals surface area contributed by atoms with Crippen molar-refractivity contribution in [1.29, 1.82) is 0 Å². The van der Waals surface area contributed by atoms with Crippen LogP contribution in [-0.4, -0.2) is 24.9 Å². The van der Waals surface area contributed by atoms with Crippen LogP contribution in [0.1, 0.15) is 29.5 Å². The molecule has 1 saturated heterocycles. The van der Waals surface area contributed by atoms with Crippen molar-refractivity contribution in [2.45, 2.75) is 19.9 Å². The van der Waals surface area contributed by atoms with Gasteiger partial charge in [0, 0.05) is 18.8 Å². The van der Waals surface area contributed by atoms with Crippen LogP contribution in [0, 0.1) is 5.41 Å². The fourth-order valence-corrected chi connectivity index (χ4v) is 2.71. The van der Waals surface area contributed by atoms with Gasteiger partial charge in [-0.15, -0.1) is 12.4 Å². The van der Waals surface area contributed by atoms with E-state index in [1.54, 1.807) is 24.3 Å². The summed E-state index contributed by atoms with van der Waals surface area (Å²) in [6, 6.07) is 10.7. The third kappa shape index (κ3) is 4.61. The van der Waals surface area contributed by atoms with Gasteiger partial charge in [-0.25, -0.2) is 0 Å². The number of halogens is 1. The molecule has 1 aliphatic rings. The van der Waals surface area contributed by atoms with Gasteiger partial charge in [-0.2, -0.15) is 0 Å². The quantitative estimate of drug-likeness (QED) is 0.762. The van der Waals surface area contributed by atoms with Gasteiger partial charge in [0.1, 0.15) is 0 Å². The lowest BCUT2D eigenvalue weighted by Gasteiger charge is -2.21. The highest BCUT2D eigenvalue weighted by Gasteiger charge is 2.35. The largest absolute Gasteiger partial charge is 0.459 e. The summed E-state index contributed by atoms with van der Waals surface area (Å²) in [4.78, 5) is 24.2. The van der Waals surface area contributed by atoms with E-state index < -0.39 is 0 Å². The van der Waals surface area contributed by atoms with Crippen LogP contribution < -0.4 is 16.0 Å². The number of rotatable bonds is 5. The Morgan fingerprint density at radius 1 is 1.24 bits per heavy atom. The molecule has 1 aliphatic heterocycles. The molecule has 0 radical (unpaired) electrons. The molecule has 1 fully saturated rings. The Morgan fingerprint density at radius 3 is 2.60 bits per heavy atom. The van der Waals surface area contributed by atoms with Crippen molar-refractivity contribution in [1.82, 2.24) is 10.6 Å². The van der Waals surface area contributed by atoms with Crippen molar-refractivity contribution >= 4 is 29.9 Å². The Kier molecular flexibility index (Phi) is 6.22. The zero-order chi connectivity index (χ0) is 17.0. The summed E-state index contributed by atoms with van der Waals surface area (Å²) in [5.41, 5.74) is 1.34. The van der Waals surface area contributed by atoms with Crippen LogP contribution in [0.3, 0.4) is 0 Å². The van der Waals surface area contributed by atoms with Gasteiger partial charge in [0.2, 0.25) is 5.91 Å². The number of anilines is 1. The second kappa shape index (κ2) is 8.18. The van der Waals surface area contributed by atoms with Crippen LogP contribution in [0.25, 0.3) is 0 Å². The zero-order valence-electron chi connectivity index (χ0n) is 14.0. The van der Waals surface area contributed by atoms with Crippen molar-refractivity contribution in [3.8, 4) is 0 Å². The third-order valence-electron chi connectivity index (χ3n) is 4.33.